The number of nitrogens with zero attached hydrogens (tertiary/aromatic N) is 2. The Morgan fingerprint density at radius 3 is 2.63 bits per heavy atom. The van der Waals surface area contributed by atoms with E-state index in [4.69, 9.17) is 5.11 Å². The van der Waals surface area contributed by atoms with Gasteiger partial charge in [-0.05, 0) is 38.0 Å². The van der Waals surface area contributed by atoms with E-state index >= 15 is 0 Å². The Bertz CT molecular complexity index is 497. The molecule has 0 aliphatic carbocycles. The van der Waals surface area contributed by atoms with Gasteiger partial charge in [0.2, 0.25) is 5.91 Å². The van der Waals surface area contributed by atoms with Gasteiger partial charge in [-0.3, -0.25) is 4.79 Å². The molecule has 1 amide bonds. The number of carbonyl (C=O) groups is 2. The van der Waals surface area contributed by atoms with Crippen LogP contribution in [0.2, 0.25) is 0 Å². The molecule has 2 heterocycles. The average Bonchev–Trinajstić information content (AvgIpc) is 2.88. The molecule has 1 aromatic heterocycles. The molecule has 0 saturated carbocycles. The summed E-state index contributed by atoms with van der Waals surface area (Å²) in [4.78, 5) is 24.6. The number of rotatable bonds is 3. The first-order valence-electron chi connectivity index (χ1n) is 6.45. The maximum atomic E-state index is 11.7. The molecule has 0 atom stereocenters. The molecule has 1 aliphatic rings. The third kappa shape index (κ3) is 2.86. The lowest BCUT2D eigenvalue weighted by Crippen LogP contribution is -2.38. The van der Waals surface area contributed by atoms with Gasteiger partial charge in [-0.15, -0.1) is 0 Å². The summed E-state index contributed by atoms with van der Waals surface area (Å²) in [5.41, 5.74) is 0.318. The van der Waals surface area contributed by atoms with Crippen LogP contribution in [0.25, 0.3) is 0 Å². The summed E-state index contributed by atoms with van der Waals surface area (Å²) >= 11 is 0. The fraction of sp³-hybridized carbons (Fsp3) is 0.429. The normalized spacial score (nSPS) is 17.0. The zero-order valence-corrected chi connectivity index (χ0v) is 11.0. The van der Waals surface area contributed by atoms with Crippen molar-refractivity contribution in [3.05, 3.63) is 36.2 Å². The predicted molar refractivity (Wildman–Crippen MR) is 71.1 cm³/mol. The first-order chi connectivity index (χ1) is 9.13. The highest BCUT2D eigenvalue weighted by Gasteiger charge is 2.24. The molecular formula is C14H18N2O3. The summed E-state index contributed by atoms with van der Waals surface area (Å²) in [6.45, 7) is 3.17. The van der Waals surface area contributed by atoms with Crippen molar-refractivity contribution in [2.24, 2.45) is 0 Å². The number of carboxylic acids is 1. The summed E-state index contributed by atoms with van der Waals surface area (Å²) in [5, 5.41) is 9.10. The van der Waals surface area contributed by atoms with Gasteiger partial charge in [0.1, 0.15) is 5.69 Å². The van der Waals surface area contributed by atoms with Gasteiger partial charge >= 0.3 is 5.97 Å². The number of hydrogen-bond acceptors (Lipinski definition) is 2. The van der Waals surface area contributed by atoms with E-state index < -0.39 is 5.97 Å². The summed E-state index contributed by atoms with van der Waals surface area (Å²) < 4.78 is 1.81. The lowest BCUT2D eigenvalue weighted by Gasteiger charge is -2.32. The molecule has 1 N–H and O–H groups in total. The van der Waals surface area contributed by atoms with Crippen LogP contribution in [0.5, 0.6) is 0 Å². The number of carbonyl (C=O) groups excluding carboxylic acids is 1. The molecule has 0 spiro atoms. The zero-order valence-electron chi connectivity index (χ0n) is 11.0. The average molecular weight is 262 g/mol. The Kier molecular flexibility index (Phi) is 4.04. The number of likely N-dealkylation sites (tertiary alicyclic amines) is 1. The molecule has 1 fully saturated rings. The molecule has 0 unspecified atom stereocenters. The molecule has 1 aromatic rings. The van der Waals surface area contributed by atoms with E-state index in [0.29, 0.717) is 18.8 Å². The summed E-state index contributed by atoms with van der Waals surface area (Å²) in [5.74, 6) is -0.871. The van der Waals surface area contributed by atoms with E-state index in [1.807, 2.05) is 6.92 Å². The molecule has 0 aromatic carbocycles. The Morgan fingerprint density at radius 2 is 2.05 bits per heavy atom. The third-order valence-electron chi connectivity index (χ3n) is 3.48. The number of piperidine rings is 1. The monoisotopic (exact) mass is 262 g/mol. The van der Waals surface area contributed by atoms with Crippen molar-refractivity contribution in [3.8, 4) is 0 Å². The van der Waals surface area contributed by atoms with Crippen LogP contribution >= 0.6 is 0 Å². The molecule has 2 rings (SSSR count). The number of hydrogen-bond donors (Lipinski definition) is 1. The quantitative estimate of drug-likeness (QED) is 0.846. The van der Waals surface area contributed by atoms with Gasteiger partial charge in [0.05, 0.1) is 0 Å². The highest BCUT2D eigenvalue weighted by Crippen LogP contribution is 2.24. The van der Waals surface area contributed by atoms with Crippen LogP contribution in [0.3, 0.4) is 0 Å². The minimum atomic E-state index is -0.905. The Hall–Kier alpha value is -2.04. The minimum Gasteiger partial charge on any atom is -0.477 e. The van der Waals surface area contributed by atoms with Gasteiger partial charge in [-0.1, -0.05) is 6.08 Å². The number of aromatic nitrogens is 1. The summed E-state index contributed by atoms with van der Waals surface area (Å²) in [6, 6.07) is 3.52. The van der Waals surface area contributed by atoms with Gasteiger partial charge in [0, 0.05) is 25.3 Å². The van der Waals surface area contributed by atoms with E-state index in [9.17, 15) is 9.59 Å². The fourth-order valence-electron chi connectivity index (χ4n) is 2.51. The van der Waals surface area contributed by atoms with E-state index in [0.717, 1.165) is 12.8 Å². The first kappa shape index (κ1) is 13.4. The molecular weight excluding hydrogens is 244 g/mol. The molecule has 5 nitrogen and oxygen atoms in total. The minimum absolute atomic E-state index is 0.0342. The standard InChI is InChI=1S/C14H18N2O3/c1-2-4-13(17)15-9-6-11(7-10-15)16-8-3-5-12(16)14(18)19/h2-5,8,11H,6-7,9-10H2,1H3,(H,18,19). The van der Waals surface area contributed by atoms with Crippen LogP contribution in [0.15, 0.2) is 30.5 Å². The smallest absolute Gasteiger partial charge is 0.352 e. The van der Waals surface area contributed by atoms with Gasteiger partial charge in [0.15, 0.2) is 0 Å². The maximum absolute atomic E-state index is 11.7. The van der Waals surface area contributed by atoms with Crippen molar-refractivity contribution in [1.82, 2.24) is 9.47 Å². The topological polar surface area (TPSA) is 62.5 Å². The van der Waals surface area contributed by atoms with Crippen molar-refractivity contribution >= 4 is 11.9 Å². The summed E-state index contributed by atoms with van der Waals surface area (Å²) in [7, 11) is 0. The van der Waals surface area contributed by atoms with Crippen molar-refractivity contribution in [3.63, 3.8) is 0 Å². The second-order valence-electron chi connectivity index (χ2n) is 4.66. The van der Waals surface area contributed by atoms with E-state index in [-0.39, 0.29) is 11.9 Å². The second kappa shape index (κ2) is 5.73. The third-order valence-corrected chi connectivity index (χ3v) is 3.48. The van der Waals surface area contributed by atoms with Crippen molar-refractivity contribution in [1.29, 1.82) is 0 Å². The highest BCUT2D eigenvalue weighted by molar-refractivity contribution is 5.87. The Balaban J connectivity index is 2.02. The van der Waals surface area contributed by atoms with Gasteiger partial charge in [0.25, 0.3) is 0 Å². The van der Waals surface area contributed by atoms with E-state index in [1.54, 1.807) is 39.9 Å². The molecule has 102 valence electrons. The van der Waals surface area contributed by atoms with Crippen molar-refractivity contribution in [2.75, 3.05) is 13.1 Å². The van der Waals surface area contributed by atoms with Gasteiger partial charge < -0.3 is 14.6 Å². The van der Waals surface area contributed by atoms with Crippen LogP contribution in [0.4, 0.5) is 0 Å². The van der Waals surface area contributed by atoms with Crippen molar-refractivity contribution in [2.45, 2.75) is 25.8 Å². The zero-order chi connectivity index (χ0) is 13.8. The van der Waals surface area contributed by atoms with Crippen LogP contribution in [0, 0.1) is 0 Å². The number of allylic oxidation sites excluding steroid dienone is 1. The lowest BCUT2D eigenvalue weighted by atomic mass is 10.0. The highest BCUT2D eigenvalue weighted by atomic mass is 16.4. The molecule has 1 saturated heterocycles. The van der Waals surface area contributed by atoms with Gasteiger partial charge in [-0.2, -0.15) is 0 Å². The van der Waals surface area contributed by atoms with Crippen LogP contribution in [0.1, 0.15) is 36.3 Å². The largest absolute Gasteiger partial charge is 0.477 e. The summed E-state index contributed by atoms with van der Waals surface area (Å²) in [6.07, 6.45) is 6.69. The van der Waals surface area contributed by atoms with Crippen LogP contribution < -0.4 is 0 Å². The number of amides is 1. The number of carboxylic acid groups (broad SMARTS) is 1. The molecule has 19 heavy (non-hydrogen) atoms. The SMILES string of the molecule is CC=CC(=O)N1CCC(n2cccc2C(=O)O)CC1. The van der Waals surface area contributed by atoms with Crippen molar-refractivity contribution < 1.29 is 14.7 Å². The lowest BCUT2D eigenvalue weighted by molar-refractivity contribution is -0.127. The number of aromatic carboxylic acids is 1. The Morgan fingerprint density at radius 1 is 1.37 bits per heavy atom. The Labute approximate surface area is 112 Å². The maximum Gasteiger partial charge on any atom is 0.352 e. The predicted octanol–water partition coefficient (Wildman–Crippen LogP) is 1.93. The second-order valence-corrected chi connectivity index (χ2v) is 4.66. The molecule has 1 aliphatic heterocycles. The van der Waals surface area contributed by atoms with Crippen LogP contribution in [-0.2, 0) is 4.79 Å². The van der Waals surface area contributed by atoms with Crippen LogP contribution in [-0.4, -0.2) is 39.5 Å². The molecule has 0 bridgehead atoms. The molecule has 5 heteroatoms. The van der Waals surface area contributed by atoms with E-state index in [1.165, 1.54) is 0 Å². The fourth-order valence-corrected chi connectivity index (χ4v) is 2.51. The first-order valence-corrected chi connectivity index (χ1v) is 6.45. The van der Waals surface area contributed by atoms with E-state index in [2.05, 4.69) is 0 Å². The molecule has 0 radical (unpaired) electrons. The van der Waals surface area contributed by atoms with Gasteiger partial charge in [-0.25, -0.2) is 4.79 Å².